The molecule has 0 saturated carbocycles. The van der Waals surface area contributed by atoms with Gasteiger partial charge in [-0.25, -0.2) is 4.39 Å². The van der Waals surface area contributed by atoms with Gasteiger partial charge in [-0.15, -0.1) is 0 Å². The standard InChI is InChI=1S/C17H17FO/c1-10-9-11(2)13(4)16(12(10)3)17(19)14-7-5-6-8-15(14)18/h5-9H,1-4H3. The molecule has 0 aliphatic heterocycles. The van der Waals surface area contributed by atoms with E-state index < -0.39 is 5.82 Å². The number of hydrogen-bond acceptors (Lipinski definition) is 1. The van der Waals surface area contributed by atoms with Crippen LogP contribution in [0, 0.1) is 33.5 Å². The van der Waals surface area contributed by atoms with Gasteiger partial charge in [-0.2, -0.15) is 0 Å². The van der Waals surface area contributed by atoms with E-state index in [1.807, 2.05) is 27.7 Å². The van der Waals surface area contributed by atoms with Crippen molar-refractivity contribution >= 4 is 5.78 Å². The van der Waals surface area contributed by atoms with Crippen molar-refractivity contribution in [1.82, 2.24) is 0 Å². The zero-order valence-electron chi connectivity index (χ0n) is 11.7. The van der Waals surface area contributed by atoms with Crippen LogP contribution in [-0.2, 0) is 0 Å². The smallest absolute Gasteiger partial charge is 0.196 e. The third kappa shape index (κ3) is 2.30. The highest BCUT2D eigenvalue weighted by Crippen LogP contribution is 2.25. The third-order valence-corrected chi connectivity index (χ3v) is 3.71. The van der Waals surface area contributed by atoms with Crippen molar-refractivity contribution in [3.63, 3.8) is 0 Å². The van der Waals surface area contributed by atoms with Gasteiger partial charge in [0, 0.05) is 5.56 Å². The second kappa shape index (κ2) is 4.96. The molecule has 0 spiro atoms. The Morgan fingerprint density at radius 3 is 2.00 bits per heavy atom. The van der Waals surface area contributed by atoms with Gasteiger partial charge in [0.2, 0.25) is 0 Å². The number of hydrogen-bond donors (Lipinski definition) is 0. The van der Waals surface area contributed by atoms with E-state index in [2.05, 4.69) is 6.07 Å². The molecule has 0 saturated heterocycles. The molecule has 0 N–H and O–H groups in total. The zero-order valence-corrected chi connectivity index (χ0v) is 11.7. The summed E-state index contributed by atoms with van der Waals surface area (Å²) in [6.07, 6.45) is 0. The van der Waals surface area contributed by atoms with E-state index >= 15 is 0 Å². The Morgan fingerprint density at radius 2 is 1.47 bits per heavy atom. The summed E-state index contributed by atoms with van der Waals surface area (Å²) in [5.74, 6) is -0.703. The molecule has 0 bridgehead atoms. The van der Waals surface area contributed by atoms with Crippen molar-refractivity contribution in [2.45, 2.75) is 27.7 Å². The maximum Gasteiger partial charge on any atom is 0.196 e. The molecule has 0 amide bonds. The van der Waals surface area contributed by atoms with Crippen LogP contribution in [0.4, 0.5) is 4.39 Å². The minimum atomic E-state index is -0.467. The van der Waals surface area contributed by atoms with Gasteiger partial charge in [-0.05, 0) is 62.1 Å². The minimum absolute atomic E-state index is 0.138. The fourth-order valence-corrected chi connectivity index (χ4v) is 2.34. The summed E-state index contributed by atoms with van der Waals surface area (Å²) < 4.78 is 13.8. The predicted molar refractivity (Wildman–Crippen MR) is 75.2 cm³/mol. The van der Waals surface area contributed by atoms with E-state index in [1.54, 1.807) is 12.1 Å². The number of carbonyl (C=O) groups excluding carboxylic acids is 1. The summed E-state index contributed by atoms with van der Waals surface area (Å²) in [5.41, 5.74) is 4.74. The van der Waals surface area contributed by atoms with Crippen LogP contribution in [0.15, 0.2) is 30.3 Å². The first-order valence-corrected chi connectivity index (χ1v) is 6.30. The van der Waals surface area contributed by atoms with Crippen LogP contribution >= 0.6 is 0 Å². The van der Waals surface area contributed by atoms with Gasteiger partial charge >= 0.3 is 0 Å². The first-order chi connectivity index (χ1) is 8.93. The highest BCUT2D eigenvalue weighted by atomic mass is 19.1. The minimum Gasteiger partial charge on any atom is -0.288 e. The van der Waals surface area contributed by atoms with Crippen LogP contribution in [0.2, 0.25) is 0 Å². The zero-order chi connectivity index (χ0) is 14.2. The Morgan fingerprint density at radius 1 is 0.947 bits per heavy atom. The summed E-state index contributed by atoms with van der Waals surface area (Å²) >= 11 is 0. The van der Waals surface area contributed by atoms with E-state index in [1.165, 1.54) is 12.1 Å². The average Bonchev–Trinajstić information content (AvgIpc) is 2.37. The molecule has 0 atom stereocenters. The summed E-state index contributed by atoms with van der Waals surface area (Å²) in [6.45, 7) is 7.77. The van der Waals surface area contributed by atoms with Gasteiger partial charge in [-0.3, -0.25) is 4.79 Å². The van der Waals surface area contributed by atoms with E-state index in [-0.39, 0.29) is 11.3 Å². The lowest BCUT2D eigenvalue weighted by molar-refractivity contribution is 0.103. The van der Waals surface area contributed by atoms with Gasteiger partial charge in [0.25, 0.3) is 0 Å². The van der Waals surface area contributed by atoms with Crippen LogP contribution < -0.4 is 0 Å². The summed E-state index contributed by atoms with van der Waals surface area (Å²) in [4.78, 5) is 12.6. The number of aryl methyl sites for hydroxylation is 2. The fraction of sp³-hybridized carbons (Fsp3) is 0.235. The Balaban J connectivity index is 2.67. The molecular weight excluding hydrogens is 239 g/mol. The quantitative estimate of drug-likeness (QED) is 0.732. The van der Waals surface area contributed by atoms with Gasteiger partial charge < -0.3 is 0 Å². The molecule has 1 nitrogen and oxygen atoms in total. The first-order valence-electron chi connectivity index (χ1n) is 6.30. The monoisotopic (exact) mass is 256 g/mol. The third-order valence-electron chi connectivity index (χ3n) is 3.71. The normalized spacial score (nSPS) is 10.6. The summed E-state index contributed by atoms with van der Waals surface area (Å²) in [5, 5.41) is 0. The molecule has 0 aliphatic rings. The maximum atomic E-state index is 13.8. The summed E-state index contributed by atoms with van der Waals surface area (Å²) in [6, 6.07) is 8.19. The molecule has 0 aliphatic carbocycles. The molecule has 2 rings (SSSR count). The van der Waals surface area contributed by atoms with Gasteiger partial charge in [0.15, 0.2) is 5.78 Å². The lowest BCUT2D eigenvalue weighted by Crippen LogP contribution is -2.10. The number of carbonyl (C=O) groups is 1. The Kier molecular flexibility index (Phi) is 3.52. The van der Waals surface area contributed by atoms with Crippen LogP contribution in [0.5, 0.6) is 0 Å². The Hall–Kier alpha value is -1.96. The SMILES string of the molecule is Cc1cc(C)c(C)c(C(=O)c2ccccc2F)c1C. The summed E-state index contributed by atoms with van der Waals surface area (Å²) in [7, 11) is 0. The van der Waals surface area contributed by atoms with Crippen LogP contribution in [0.25, 0.3) is 0 Å². The lowest BCUT2D eigenvalue weighted by Gasteiger charge is -2.14. The van der Waals surface area contributed by atoms with Crippen molar-refractivity contribution < 1.29 is 9.18 Å². The molecule has 0 heterocycles. The van der Waals surface area contributed by atoms with Crippen molar-refractivity contribution in [1.29, 1.82) is 0 Å². The number of benzene rings is 2. The molecule has 2 aromatic carbocycles. The first kappa shape index (κ1) is 13.5. The van der Waals surface area contributed by atoms with Crippen LogP contribution in [0.1, 0.15) is 38.2 Å². The second-order valence-corrected chi connectivity index (χ2v) is 4.94. The number of ketones is 1. The van der Waals surface area contributed by atoms with E-state index in [4.69, 9.17) is 0 Å². The van der Waals surface area contributed by atoms with Gasteiger partial charge in [-0.1, -0.05) is 18.2 Å². The van der Waals surface area contributed by atoms with Crippen LogP contribution in [0.3, 0.4) is 0 Å². The van der Waals surface area contributed by atoms with Crippen molar-refractivity contribution in [2.24, 2.45) is 0 Å². The lowest BCUT2D eigenvalue weighted by atomic mass is 9.89. The van der Waals surface area contributed by atoms with Crippen molar-refractivity contribution in [2.75, 3.05) is 0 Å². The molecule has 98 valence electrons. The maximum absolute atomic E-state index is 13.8. The predicted octanol–water partition coefficient (Wildman–Crippen LogP) is 4.29. The van der Waals surface area contributed by atoms with Crippen LogP contribution in [-0.4, -0.2) is 5.78 Å². The molecular formula is C17H17FO. The molecule has 0 fully saturated rings. The highest BCUT2D eigenvalue weighted by Gasteiger charge is 2.19. The topological polar surface area (TPSA) is 17.1 Å². The van der Waals surface area contributed by atoms with Crippen molar-refractivity contribution in [3.05, 3.63) is 69.5 Å². The highest BCUT2D eigenvalue weighted by molar-refractivity contribution is 6.11. The second-order valence-electron chi connectivity index (χ2n) is 4.94. The van der Waals surface area contributed by atoms with E-state index in [0.29, 0.717) is 5.56 Å². The molecule has 2 aromatic rings. The molecule has 2 heteroatoms. The Bertz CT molecular complexity index is 630. The molecule has 0 aromatic heterocycles. The average molecular weight is 256 g/mol. The number of halogens is 1. The van der Waals surface area contributed by atoms with Gasteiger partial charge in [0.05, 0.1) is 5.56 Å². The van der Waals surface area contributed by atoms with Gasteiger partial charge in [0.1, 0.15) is 5.82 Å². The Labute approximate surface area is 113 Å². The van der Waals surface area contributed by atoms with E-state index in [9.17, 15) is 9.18 Å². The van der Waals surface area contributed by atoms with Crippen molar-refractivity contribution in [3.8, 4) is 0 Å². The molecule has 0 radical (unpaired) electrons. The molecule has 0 unspecified atom stereocenters. The largest absolute Gasteiger partial charge is 0.288 e. The fourth-order valence-electron chi connectivity index (χ4n) is 2.34. The molecule has 19 heavy (non-hydrogen) atoms. The van der Waals surface area contributed by atoms with E-state index in [0.717, 1.165) is 22.3 Å². The number of rotatable bonds is 2.